The lowest BCUT2D eigenvalue weighted by atomic mass is 9.99. The molecule has 660 valence electrons. The molecule has 0 aromatic carbocycles. The maximum Gasteiger partial charge on any atom is 0.472 e. The van der Waals surface area contributed by atoms with Gasteiger partial charge >= 0.3 is 39.5 Å². The molecule has 0 heterocycles. The molecule has 0 spiro atoms. The van der Waals surface area contributed by atoms with Crippen molar-refractivity contribution in [2.45, 2.75) is 516 Å². The van der Waals surface area contributed by atoms with Crippen molar-refractivity contribution >= 4 is 39.5 Å². The maximum absolute atomic E-state index is 13.2. The van der Waals surface area contributed by atoms with Crippen molar-refractivity contribution in [3.8, 4) is 0 Å². The van der Waals surface area contributed by atoms with Crippen LogP contribution in [0.15, 0.2) is 0 Å². The maximum atomic E-state index is 13.2. The Labute approximate surface area is 683 Å². The molecule has 0 rings (SSSR count). The Balaban J connectivity index is 5.26. The van der Waals surface area contributed by atoms with Gasteiger partial charge < -0.3 is 33.8 Å². The molecule has 0 aliphatic rings. The summed E-state index contributed by atoms with van der Waals surface area (Å²) in [5.41, 5.74) is 0. The van der Waals surface area contributed by atoms with Gasteiger partial charge in [-0.3, -0.25) is 37.3 Å². The van der Waals surface area contributed by atoms with Crippen molar-refractivity contribution in [3.63, 3.8) is 0 Å². The van der Waals surface area contributed by atoms with Crippen LogP contribution in [0.3, 0.4) is 0 Å². The van der Waals surface area contributed by atoms with Crippen LogP contribution in [0.1, 0.15) is 497 Å². The highest BCUT2D eigenvalue weighted by Crippen LogP contribution is 2.45. The van der Waals surface area contributed by atoms with Crippen LogP contribution in [0.4, 0.5) is 0 Å². The molecule has 3 unspecified atom stereocenters. The summed E-state index contributed by atoms with van der Waals surface area (Å²) in [6, 6.07) is 0. The molecule has 19 heteroatoms. The molecule has 0 bridgehead atoms. The van der Waals surface area contributed by atoms with Crippen LogP contribution in [0.25, 0.3) is 0 Å². The molecule has 17 nitrogen and oxygen atoms in total. The Morgan fingerprint density at radius 1 is 0.261 bits per heavy atom. The van der Waals surface area contributed by atoms with Crippen LogP contribution in [0.2, 0.25) is 0 Å². The highest BCUT2D eigenvalue weighted by Gasteiger charge is 2.31. The van der Waals surface area contributed by atoms with Crippen molar-refractivity contribution in [1.82, 2.24) is 0 Å². The summed E-state index contributed by atoms with van der Waals surface area (Å²) >= 11 is 0. The second-order valence-electron chi connectivity index (χ2n) is 33.8. The zero-order valence-electron chi connectivity index (χ0n) is 73.3. The van der Waals surface area contributed by atoms with E-state index in [1.54, 1.807) is 0 Å². The van der Waals surface area contributed by atoms with Gasteiger partial charge in [-0.25, -0.2) is 9.13 Å². The minimum atomic E-state index is -4.97. The topological polar surface area (TPSA) is 237 Å². The number of rotatable bonds is 91. The first-order valence-electron chi connectivity index (χ1n) is 47.5. The number of aliphatic hydroxyl groups is 1. The van der Waals surface area contributed by atoms with Crippen LogP contribution < -0.4 is 0 Å². The lowest BCUT2D eigenvalue weighted by Crippen LogP contribution is -2.30. The number of phosphoric ester groups is 2. The minimum Gasteiger partial charge on any atom is -0.462 e. The second kappa shape index (κ2) is 83.1. The molecule has 0 radical (unpaired) electrons. The van der Waals surface area contributed by atoms with Crippen LogP contribution in [0, 0.1) is 11.8 Å². The van der Waals surface area contributed by atoms with Gasteiger partial charge in [0.2, 0.25) is 0 Å². The summed E-state index contributed by atoms with van der Waals surface area (Å²) in [7, 11) is -9.94. The van der Waals surface area contributed by atoms with Gasteiger partial charge in [-0.15, -0.1) is 0 Å². The van der Waals surface area contributed by atoms with E-state index < -0.39 is 97.5 Å². The number of phosphoric acid groups is 2. The fourth-order valence-corrected chi connectivity index (χ4v) is 16.0. The predicted molar refractivity (Wildman–Crippen MR) is 460 cm³/mol. The predicted octanol–water partition coefficient (Wildman–Crippen LogP) is 28.6. The number of hydrogen-bond donors (Lipinski definition) is 3. The molecule has 0 aliphatic heterocycles. The fourth-order valence-electron chi connectivity index (χ4n) is 14.4. The van der Waals surface area contributed by atoms with Gasteiger partial charge in [-0.2, -0.15) is 0 Å². The molecule has 0 aliphatic carbocycles. The monoisotopic (exact) mass is 1620 g/mol. The fraction of sp³-hybridized carbons (Fsp3) is 0.957. The Kier molecular flexibility index (Phi) is 81.7. The van der Waals surface area contributed by atoms with Crippen molar-refractivity contribution in [3.05, 3.63) is 0 Å². The normalized spacial score (nSPS) is 14.0. The molecule has 0 aromatic heterocycles. The summed E-state index contributed by atoms with van der Waals surface area (Å²) in [4.78, 5) is 73.5. The second-order valence-corrected chi connectivity index (χ2v) is 36.7. The molecule has 3 N–H and O–H groups in total. The van der Waals surface area contributed by atoms with Gasteiger partial charge in [0, 0.05) is 25.7 Å². The molecule has 111 heavy (non-hydrogen) atoms. The number of ether oxygens (including phenoxy) is 4. The molecule has 0 saturated heterocycles. The van der Waals surface area contributed by atoms with Crippen molar-refractivity contribution in [2.75, 3.05) is 39.6 Å². The van der Waals surface area contributed by atoms with E-state index in [1.165, 1.54) is 315 Å². The van der Waals surface area contributed by atoms with Gasteiger partial charge in [-0.1, -0.05) is 446 Å². The van der Waals surface area contributed by atoms with Gasteiger partial charge in [0.25, 0.3) is 0 Å². The Hall–Kier alpha value is -1.94. The van der Waals surface area contributed by atoms with E-state index in [9.17, 15) is 43.2 Å². The SMILES string of the molecule is CCCCCCCCCCCCCCCCCCCCCCCC(=O)O[C@H](COC(=O)CCCCCCCCCCCCCCCCCCC(C)C)COP(=O)(O)OC[C@@H](O)COP(=O)(O)OC[C@@H](COC(=O)CCCCCCCCCCCCCCC)OC(=O)CCCCCCCCCCCCCCCCC(C)CC. The van der Waals surface area contributed by atoms with Crippen LogP contribution in [-0.2, 0) is 65.4 Å². The minimum absolute atomic E-state index is 0.108. The van der Waals surface area contributed by atoms with E-state index in [0.717, 1.165) is 102 Å². The number of carbonyl (C=O) groups excluding carboxylic acids is 4. The number of carbonyl (C=O) groups is 4. The largest absolute Gasteiger partial charge is 0.472 e. The molecule has 0 amide bonds. The molecule has 0 aromatic rings. The lowest BCUT2D eigenvalue weighted by Gasteiger charge is -2.21. The third-order valence-corrected chi connectivity index (χ3v) is 24.0. The highest BCUT2D eigenvalue weighted by atomic mass is 31.2. The van der Waals surface area contributed by atoms with Crippen LogP contribution >= 0.6 is 15.6 Å². The zero-order chi connectivity index (χ0) is 81.3. The summed E-state index contributed by atoms with van der Waals surface area (Å²) in [5, 5.41) is 10.7. The van der Waals surface area contributed by atoms with Gasteiger partial charge in [0.1, 0.15) is 19.3 Å². The standard InChI is InChI=1S/C92H180O17P2/c1-7-10-12-14-16-18-20-22-23-24-25-26-27-28-33-40-46-52-58-64-70-76-91(96)108-88(81-103-90(95)75-69-63-57-51-45-39-32-30-29-31-37-42-48-54-60-66-72-84(4)5)83-107-111(100,101)105-79-86(93)78-104-110(98,99)106-82-87(80-102-89(94)74-68-62-56-50-44-36-21-19-17-15-13-11-8-2)109-92(97)77-71-65-59-53-47-41-35-34-38-43-49-55-61-67-73-85(6)9-3/h84-88,93H,7-83H2,1-6H3,(H,98,99)(H,100,101)/t85?,86-,87+,88+/m0/s1. The van der Waals surface area contributed by atoms with Crippen LogP contribution in [0.5, 0.6) is 0 Å². The average molecular weight is 1620 g/mol. The van der Waals surface area contributed by atoms with E-state index >= 15 is 0 Å². The van der Waals surface area contributed by atoms with E-state index in [0.29, 0.717) is 25.7 Å². The summed E-state index contributed by atoms with van der Waals surface area (Å²) in [5.74, 6) is -0.434. The summed E-state index contributed by atoms with van der Waals surface area (Å²) < 4.78 is 69.1. The zero-order valence-corrected chi connectivity index (χ0v) is 75.1. The third-order valence-electron chi connectivity index (χ3n) is 22.1. The van der Waals surface area contributed by atoms with Gasteiger partial charge in [-0.05, 0) is 37.5 Å². The Bertz CT molecular complexity index is 2120. The van der Waals surface area contributed by atoms with E-state index in [4.69, 9.17) is 37.0 Å². The smallest absolute Gasteiger partial charge is 0.462 e. The summed E-state index contributed by atoms with van der Waals surface area (Å²) in [6.07, 6.45) is 77.7. The lowest BCUT2D eigenvalue weighted by molar-refractivity contribution is -0.161. The number of unbranched alkanes of at least 4 members (excludes halogenated alkanes) is 60. The number of esters is 4. The van der Waals surface area contributed by atoms with Crippen molar-refractivity contribution in [2.24, 2.45) is 11.8 Å². The summed E-state index contributed by atoms with van der Waals surface area (Å²) in [6.45, 7) is 9.80. The first-order valence-corrected chi connectivity index (χ1v) is 50.5. The van der Waals surface area contributed by atoms with Gasteiger partial charge in [0.05, 0.1) is 26.4 Å². The Morgan fingerprint density at radius 2 is 0.459 bits per heavy atom. The highest BCUT2D eigenvalue weighted by molar-refractivity contribution is 7.47. The van der Waals surface area contributed by atoms with Gasteiger partial charge in [0.15, 0.2) is 12.2 Å². The van der Waals surface area contributed by atoms with Crippen LogP contribution in [-0.4, -0.2) is 96.7 Å². The third kappa shape index (κ3) is 84.3. The average Bonchev–Trinajstić information content (AvgIpc) is 0.896. The first-order chi connectivity index (χ1) is 53.9. The van der Waals surface area contributed by atoms with Crippen molar-refractivity contribution < 1.29 is 80.2 Å². The molecule has 0 saturated carbocycles. The number of aliphatic hydroxyl groups excluding tert-OH is 1. The molecular weight excluding hydrogens is 1440 g/mol. The van der Waals surface area contributed by atoms with E-state index in [-0.39, 0.29) is 25.7 Å². The number of hydrogen-bond acceptors (Lipinski definition) is 15. The van der Waals surface area contributed by atoms with E-state index in [2.05, 4.69) is 41.5 Å². The molecule has 0 fully saturated rings. The molecular formula is C92H180O17P2. The Morgan fingerprint density at radius 3 is 0.685 bits per heavy atom. The van der Waals surface area contributed by atoms with Crippen molar-refractivity contribution in [1.29, 1.82) is 0 Å². The quantitative estimate of drug-likeness (QED) is 0.0222. The first kappa shape index (κ1) is 109. The molecule has 6 atom stereocenters. The van der Waals surface area contributed by atoms with E-state index in [1.807, 2.05) is 0 Å².